The Bertz CT molecular complexity index is 509. The summed E-state index contributed by atoms with van der Waals surface area (Å²) in [6, 6.07) is 3.67. The monoisotopic (exact) mass is 192 g/mol. The van der Waals surface area contributed by atoms with E-state index in [9.17, 15) is 0 Å². The van der Waals surface area contributed by atoms with E-state index in [0.717, 1.165) is 5.69 Å². The van der Waals surface area contributed by atoms with E-state index >= 15 is 0 Å². The van der Waals surface area contributed by atoms with E-state index in [-0.39, 0.29) is 0 Å². The zero-order valence-corrected chi connectivity index (χ0v) is 7.58. The highest BCUT2D eigenvalue weighted by Crippen LogP contribution is 2.14. The molecule has 0 N–H and O–H groups in total. The third-order valence-corrected chi connectivity index (χ3v) is 1.98. The predicted octanol–water partition coefficient (Wildman–Crippen LogP) is 1.56. The fourth-order valence-electron chi connectivity index (χ4n) is 1.13. The molecule has 0 radical (unpaired) electrons. The van der Waals surface area contributed by atoms with E-state index in [2.05, 4.69) is 9.97 Å². The third-order valence-electron chi connectivity index (χ3n) is 1.69. The number of nitriles is 1. The Morgan fingerprint density at radius 2 is 2.38 bits per heavy atom. The second-order valence-corrected chi connectivity index (χ2v) is 3.01. The molecule has 2 aromatic rings. The first-order valence-electron chi connectivity index (χ1n) is 3.62. The van der Waals surface area contributed by atoms with Gasteiger partial charge in [0.25, 0.3) is 0 Å². The van der Waals surface area contributed by atoms with Crippen molar-refractivity contribution in [3.63, 3.8) is 0 Å². The second-order valence-electron chi connectivity index (χ2n) is 2.62. The van der Waals surface area contributed by atoms with E-state index in [1.807, 2.05) is 13.0 Å². The summed E-state index contributed by atoms with van der Waals surface area (Å²) in [5.74, 6) is 0. The van der Waals surface area contributed by atoms with Crippen LogP contribution in [0.2, 0.25) is 5.15 Å². The van der Waals surface area contributed by atoms with E-state index in [1.54, 1.807) is 10.5 Å². The maximum Gasteiger partial charge on any atom is 0.185 e. The van der Waals surface area contributed by atoms with Crippen LogP contribution < -0.4 is 0 Å². The van der Waals surface area contributed by atoms with Crippen LogP contribution in [0.1, 0.15) is 11.4 Å². The number of aromatic nitrogens is 3. The number of imidazole rings is 1. The highest BCUT2D eigenvalue weighted by Gasteiger charge is 2.07. The van der Waals surface area contributed by atoms with Crippen LogP contribution in [0.15, 0.2) is 12.4 Å². The normalized spacial score (nSPS) is 10.2. The van der Waals surface area contributed by atoms with Gasteiger partial charge in [-0.3, -0.25) is 4.40 Å². The topological polar surface area (TPSA) is 54.0 Å². The number of nitrogens with zero attached hydrogens (tertiary/aromatic N) is 4. The van der Waals surface area contributed by atoms with E-state index in [1.165, 1.54) is 6.33 Å². The average molecular weight is 193 g/mol. The van der Waals surface area contributed by atoms with Gasteiger partial charge in [-0.05, 0) is 13.0 Å². The Kier molecular flexibility index (Phi) is 1.67. The van der Waals surface area contributed by atoms with Crippen molar-refractivity contribution < 1.29 is 0 Å². The molecule has 0 saturated heterocycles. The first kappa shape index (κ1) is 8.02. The number of hydrogen-bond acceptors (Lipinski definition) is 3. The van der Waals surface area contributed by atoms with Crippen molar-refractivity contribution in [3.8, 4) is 6.07 Å². The molecule has 0 fully saturated rings. The molecule has 0 atom stereocenters. The summed E-state index contributed by atoms with van der Waals surface area (Å²) in [5.41, 5.74) is 1.58. The van der Waals surface area contributed by atoms with Crippen LogP contribution in [0, 0.1) is 18.3 Å². The largest absolute Gasteiger partial charge is 0.272 e. The van der Waals surface area contributed by atoms with E-state index < -0.39 is 0 Å². The van der Waals surface area contributed by atoms with Gasteiger partial charge in [0.2, 0.25) is 0 Å². The number of aryl methyl sites for hydroxylation is 1. The first-order valence-corrected chi connectivity index (χ1v) is 4.00. The van der Waals surface area contributed by atoms with Crippen molar-refractivity contribution in [3.05, 3.63) is 28.9 Å². The molecule has 0 saturated carbocycles. The minimum atomic E-state index is 0.297. The molecule has 13 heavy (non-hydrogen) atoms. The summed E-state index contributed by atoms with van der Waals surface area (Å²) in [7, 11) is 0. The van der Waals surface area contributed by atoms with Crippen LogP contribution in [0.5, 0.6) is 0 Å². The van der Waals surface area contributed by atoms with Crippen molar-refractivity contribution in [2.75, 3.05) is 0 Å². The van der Waals surface area contributed by atoms with Gasteiger partial charge >= 0.3 is 0 Å². The molecular weight excluding hydrogens is 188 g/mol. The lowest BCUT2D eigenvalue weighted by molar-refractivity contribution is 1.08. The number of fused-ring (bicyclic) bond motifs is 1. The molecule has 0 aromatic carbocycles. The number of rotatable bonds is 0. The van der Waals surface area contributed by atoms with Gasteiger partial charge in [0.15, 0.2) is 11.3 Å². The molecule has 0 bridgehead atoms. The van der Waals surface area contributed by atoms with Crippen LogP contribution in [-0.2, 0) is 0 Å². The molecule has 2 rings (SSSR count). The second kappa shape index (κ2) is 2.71. The summed E-state index contributed by atoms with van der Waals surface area (Å²) in [6.45, 7) is 1.82. The fraction of sp³-hybridized carbons (Fsp3) is 0.125. The molecular formula is C8H5ClN4. The standard InChI is InChI=1S/C8H5ClN4/c1-5-2-7(9)13-4-11-6(3-10)8(13)12-5/h2,4H,1H3. The van der Waals surface area contributed by atoms with Crippen LogP contribution in [0.3, 0.4) is 0 Å². The zero-order chi connectivity index (χ0) is 9.42. The van der Waals surface area contributed by atoms with Crippen LogP contribution in [0.4, 0.5) is 0 Å². The van der Waals surface area contributed by atoms with Crippen LogP contribution >= 0.6 is 11.6 Å². The highest BCUT2D eigenvalue weighted by molar-refractivity contribution is 6.29. The Morgan fingerprint density at radius 3 is 3.08 bits per heavy atom. The van der Waals surface area contributed by atoms with E-state index in [0.29, 0.717) is 16.5 Å². The average Bonchev–Trinajstić information content (AvgIpc) is 2.47. The van der Waals surface area contributed by atoms with Gasteiger partial charge in [0.1, 0.15) is 17.5 Å². The van der Waals surface area contributed by atoms with Gasteiger partial charge < -0.3 is 0 Å². The summed E-state index contributed by atoms with van der Waals surface area (Å²) < 4.78 is 1.58. The zero-order valence-electron chi connectivity index (χ0n) is 6.82. The lowest BCUT2D eigenvalue weighted by Gasteiger charge is -1.97. The molecule has 0 spiro atoms. The Morgan fingerprint density at radius 1 is 1.62 bits per heavy atom. The van der Waals surface area contributed by atoms with Crippen molar-refractivity contribution >= 4 is 17.2 Å². The summed E-state index contributed by atoms with van der Waals surface area (Å²) in [4.78, 5) is 8.03. The predicted molar refractivity (Wildman–Crippen MR) is 47.4 cm³/mol. The van der Waals surface area contributed by atoms with Crippen LogP contribution in [-0.4, -0.2) is 14.4 Å². The number of hydrogen-bond donors (Lipinski definition) is 0. The lowest BCUT2D eigenvalue weighted by atomic mass is 10.4. The molecule has 0 aliphatic heterocycles. The lowest BCUT2D eigenvalue weighted by Crippen LogP contribution is -1.91. The first-order chi connectivity index (χ1) is 6.22. The SMILES string of the molecule is Cc1cc(Cl)n2cnc(C#N)c2n1. The molecule has 0 aliphatic rings. The quantitative estimate of drug-likeness (QED) is 0.596. The molecule has 0 amide bonds. The number of halogens is 1. The van der Waals surface area contributed by atoms with Gasteiger partial charge in [-0.25, -0.2) is 9.97 Å². The molecule has 0 unspecified atom stereocenters. The van der Waals surface area contributed by atoms with Gasteiger partial charge in [0.05, 0.1) is 0 Å². The highest BCUT2D eigenvalue weighted by atomic mass is 35.5. The van der Waals surface area contributed by atoms with Gasteiger partial charge in [-0.1, -0.05) is 11.6 Å². The van der Waals surface area contributed by atoms with Crippen molar-refractivity contribution in [1.29, 1.82) is 5.26 Å². The summed E-state index contributed by atoms with van der Waals surface area (Å²) in [5, 5.41) is 9.21. The van der Waals surface area contributed by atoms with Gasteiger partial charge in [0, 0.05) is 5.69 Å². The molecule has 2 aromatic heterocycles. The van der Waals surface area contributed by atoms with Gasteiger partial charge in [-0.2, -0.15) is 5.26 Å². The maximum atomic E-state index is 8.70. The molecule has 5 heteroatoms. The van der Waals surface area contributed by atoms with E-state index in [4.69, 9.17) is 16.9 Å². The Hall–Kier alpha value is -1.60. The molecule has 2 heterocycles. The van der Waals surface area contributed by atoms with Crippen molar-refractivity contribution in [2.45, 2.75) is 6.92 Å². The molecule has 64 valence electrons. The smallest absolute Gasteiger partial charge is 0.185 e. The fourth-order valence-corrected chi connectivity index (χ4v) is 1.41. The minimum Gasteiger partial charge on any atom is -0.272 e. The minimum absolute atomic E-state index is 0.297. The maximum absolute atomic E-state index is 8.70. The molecule has 0 aliphatic carbocycles. The Balaban J connectivity index is 2.92. The summed E-state index contributed by atoms with van der Waals surface area (Å²) >= 11 is 5.91. The van der Waals surface area contributed by atoms with Gasteiger partial charge in [-0.15, -0.1) is 0 Å². The van der Waals surface area contributed by atoms with Crippen molar-refractivity contribution in [1.82, 2.24) is 14.4 Å². The Labute approximate surface area is 79.4 Å². The summed E-state index contributed by atoms with van der Waals surface area (Å²) in [6.07, 6.45) is 1.49. The molecule has 4 nitrogen and oxygen atoms in total. The van der Waals surface area contributed by atoms with Crippen molar-refractivity contribution in [2.24, 2.45) is 0 Å². The van der Waals surface area contributed by atoms with Crippen LogP contribution in [0.25, 0.3) is 5.65 Å². The third kappa shape index (κ3) is 1.14.